The molecule has 0 radical (unpaired) electrons. The van der Waals surface area contributed by atoms with E-state index in [-0.39, 0.29) is 12.1 Å². The van der Waals surface area contributed by atoms with Crippen molar-refractivity contribution in [1.29, 1.82) is 0 Å². The minimum absolute atomic E-state index is 0.0305. The molecule has 2 aromatic rings. The van der Waals surface area contributed by atoms with Crippen LogP contribution in [0.3, 0.4) is 0 Å². The summed E-state index contributed by atoms with van der Waals surface area (Å²) in [6.07, 6.45) is 3.67. The average molecular weight is 428 g/mol. The van der Waals surface area contributed by atoms with E-state index in [1.165, 1.54) is 0 Å². The second kappa shape index (κ2) is 8.16. The van der Waals surface area contributed by atoms with E-state index in [0.717, 1.165) is 24.0 Å². The van der Waals surface area contributed by atoms with Gasteiger partial charge in [-0.3, -0.25) is 5.10 Å². The highest BCUT2D eigenvalue weighted by atomic mass is 16.6. The van der Waals surface area contributed by atoms with Gasteiger partial charge in [0.25, 0.3) is 0 Å². The van der Waals surface area contributed by atoms with Crippen molar-refractivity contribution in [3.8, 4) is 11.4 Å². The van der Waals surface area contributed by atoms with Gasteiger partial charge in [0.15, 0.2) is 0 Å². The van der Waals surface area contributed by atoms with Gasteiger partial charge in [0.2, 0.25) is 5.95 Å². The fraction of sp³-hybridized carbons (Fsp3) is 0.571. The number of carbonyl (C=O) groups excluding carboxylic acids is 2. The number of amides is 1. The zero-order chi connectivity index (χ0) is 22.2. The lowest BCUT2D eigenvalue weighted by Crippen LogP contribution is -2.36. The van der Waals surface area contributed by atoms with Crippen LogP contribution in [0.15, 0.2) is 6.20 Å². The summed E-state index contributed by atoms with van der Waals surface area (Å²) >= 11 is 0. The normalized spacial score (nSPS) is 17.7. The van der Waals surface area contributed by atoms with Gasteiger partial charge in [-0.05, 0) is 52.5 Å². The van der Waals surface area contributed by atoms with Crippen molar-refractivity contribution in [3.05, 3.63) is 23.0 Å². The molecule has 1 unspecified atom stereocenters. The van der Waals surface area contributed by atoms with Crippen molar-refractivity contribution in [3.63, 3.8) is 0 Å². The fourth-order valence-electron chi connectivity index (χ4n) is 3.85. The number of aromatic nitrogens is 4. The molecule has 166 valence electrons. The molecule has 0 bridgehead atoms. The molecule has 31 heavy (non-hydrogen) atoms. The Bertz CT molecular complexity index is 996. The monoisotopic (exact) mass is 428 g/mol. The zero-order valence-corrected chi connectivity index (χ0v) is 18.3. The number of rotatable bonds is 4. The summed E-state index contributed by atoms with van der Waals surface area (Å²) in [5.74, 6) is 0.0728. The zero-order valence-electron chi connectivity index (χ0n) is 18.3. The number of aryl methyl sites for hydroxylation is 1. The van der Waals surface area contributed by atoms with Crippen LogP contribution in [0.1, 0.15) is 55.7 Å². The molecule has 2 aliphatic rings. The van der Waals surface area contributed by atoms with Gasteiger partial charge in [0, 0.05) is 30.9 Å². The third-order valence-electron chi connectivity index (χ3n) is 5.25. The van der Waals surface area contributed by atoms with E-state index in [1.54, 1.807) is 18.0 Å². The number of H-pyrrole nitrogens is 1. The average Bonchev–Trinajstić information content (AvgIpc) is 3.34. The molecule has 1 aliphatic carbocycles. The van der Waals surface area contributed by atoms with Crippen LogP contribution in [-0.4, -0.2) is 68.5 Å². The minimum atomic E-state index is -0.520. The van der Waals surface area contributed by atoms with E-state index >= 15 is 0 Å². The van der Waals surface area contributed by atoms with Crippen LogP contribution in [0.25, 0.3) is 11.4 Å². The quantitative estimate of drug-likeness (QED) is 0.713. The first-order valence-corrected chi connectivity index (χ1v) is 10.6. The first kappa shape index (κ1) is 21.1. The van der Waals surface area contributed by atoms with Crippen LogP contribution in [0, 0.1) is 0 Å². The van der Waals surface area contributed by atoms with E-state index in [1.807, 2.05) is 20.8 Å². The molecule has 0 aromatic carbocycles. The predicted octanol–water partition coefficient (Wildman–Crippen LogP) is 2.56. The molecular weight excluding hydrogens is 400 g/mol. The van der Waals surface area contributed by atoms with Crippen molar-refractivity contribution in [2.45, 2.75) is 58.6 Å². The number of hydrogen-bond donors (Lipinski definition) is 2. The summed E-state index contributed by atoms with van der Waals surface area (Å²) in [7, 11) is 0. The van der Waals surface area contributed by atoms with Crippen molar-refractivity contribution >= 4 is 18.0 Å². The summed E-state index contributed by atoms with van der Waals surface area (Å²) in [5, 5.41) is 10.5. The van der Waals surface area contributed by atoms with Crippen molar-refractivity contribution in [2.24, 2.45) is 0 Å². The molecule has 0 spiro atoms. The molecule has 2 N–H and O–H groups in total. The van der Waals surface area contributed by atoms with E-state index in [2.05, 4.69) is 25.5 Å². The van der Waals surface area contributed by atoms with E-state index < -0.39 is 11.6 Å². The Morgan fingerprint density at radius 3 is 2.84 bits per heavy atom. The third-order valence-corrected chi connectivity index (χ3v) is 5.25. The lowest BCUT2D eigenvalue weighted by molar-refractivity contribution is 0.0293. The fourth-order valence-corrected chi connectivity index (χ4v) is 3.85. The molecule has 2 aromatic heterocycles. The Morgan fingerprint density at radius 1 is 1.29 bits per heavy atom. The van der Waals surface area contributed by atoms with Crippen LogP contribution in [-0.2, 0) is 22.3 Å². The number of fused-ring (bicyclic) bond motifs is 3. The van der Waals surface area contributed by atoms with Crippen molar-refractivity contribution in [2.75, 3.05) is 25.0 Å². The third kappa shape index (κ3) is 4.47. The Balaban J connectivity index is 1.47. The maximum Gasteiger partial charge on any atom is 0.410 e. The number of hydrogen-bond acceptors (Lipinski definition) is 8. The largest absolute Gasteiger partial charge is 0.461 e. The van der Waals surface area contributed by atoms with Gasteiger partial charge in [-0.2, -0.15) is 5.10 Å². The number of esters is 1. The second-order valence-corrected chi connectivity index (χ2v) is 8.77. The van der Waals surface area contributed by atoms with Crippen LogP contribution in [0.4, 0.5) is 10.7 Å². The van der Waals surface area contributed by atoms with Crippen LogP contribution >= 0.6 is 0 Å². The highest BCUT2D eigenvalue weighted by Gasteiger charge is 2.31. The number of nitrogens with zero attached hydrogens (tertiary/aromatic N) is 4. The summed E-state index contributed by atoms with van der Waals surface area (Å²) in [4.78, 5) is 35.3. The molecule has 1 atom stereocenters. The number of nitrogens with one attached hydrogen (secondary N) is 2. The lowest BCUT2D eigenvalue weighted by Gasteiger charge is -2.24. The highest BCUT2D eigenvalue weighted by Crippen LogP contribution is 2.33. The summed E-state index contributed by atoms with van der Waals surface area (Å²) in [6.45, 7) is 8.78. The molecule has 1 fully saturated rings. The molecule has 4 rings (SSSR count). The molecule has 1 aliphatic heterocycles. The number of carbonyl (C=O) groups is 2. The highest BCUT2D eigenvalue weighted by molar-refractivity contribution is 5.91. The predicted molar refractivity (Wildman–Crippen MR) is 113 cm³/mol. The van der Waals surface area contributed by atoms with Crippen LogP contribution < -0.4 is 5.32 Å². The summed E-state index contributed by atoms with van der Waals surface area (Å²) in [6, 6.07) is 0.0305. The Labute approximate surface area is 180 Å². The first-order valence-electron chi connectivity index (χ1n) is 10.6. The van der Waals surface area contributed by atoms with Crippen LogP contribution in [0.2, 0.25) is 0 Å². The molecular formula is C21H28N6O4. The van der Waals surface area contributed by atoms with Gasteiger partial charge in [0.1, 0.15) is 17.0 Å². The minimum Gasteiger partial charge on any atom is -0.461 e. The number of aromatic amines is 1. The molecule has 1 amide bonds. The number of likely N-dealkylation sites (tertiary alicyclic amines) is 1. The smallest absolute Gasteiger partial charge is 0.410 e. The van der Waals surface area contributed by atoms with Gasteiger partial charge < -0.3 is 19.7 Å². The van der Waals surface area contributed by atoms with E-state index in [9.17, 15) is 9.59 Å². The van der Waals surface area contributed by atoms with Gasteiger partial charge in [-0.25, -0.2) is 19.6 Å². The van der Waals surface area contributed by atoms with Gasteiger partial charge in [-0.15, -0.1) is 0 Å². The molecule has 1 saturated heterocycles. The second-order valence-electron chi connectivity index (χ2n) is 8.77. The van der Waals surface area contributed by atoms with Crippen molar-refractivity contribution < 1.29 is 19.1 Å². The molecule has 10 nitrogen and oxygen atoms in total. The molecule has 3 heterocycles. The number of ether oxygens (including phenoxy) is 2. The van der Waals surface area contributed by atoms with Gasteiger partial charge in [-0.1, -0.05) is 0 Å². The van der Waals surface area contributed by atoms with E-state index in [0.29, 0.717) is 49.1 Å². The maximum absolute atomic E-state index is 12.3. The van der Waals surface area contributed by atoms with Gasteiger partial charge in [0.05, 0.1) is 12.3 Å². The molecule has 0 saturated carbocycles. The Kier molecular flexibility index (Phi) is 5.55. The topological polar surface area (TPSA) is 122 Å². The standard InChI is InChI=1S/C21H28N6O4/c1-5-30-18(28)17-14-7-6-12-10-22-19(24-15(12)16(14)25-26-17)23-13-8-9-27(11-13)20(29)31-21(2,3)4/h10,13H,5-9,11H2,1-4H3,(H,25,26)(H,22,23,24). The van der Waals surface area contributed by atoms with Crippen molar-refractivity contribution in [1.82, 2.24) is 25.1 Å². The number of anilines is 1. The Hall–Kier alpha value is -3.17. The first-order chi connectivity index (χ1) is 14.7. The Morgan fingerprint density at radius 2 is 2.10 bits per heavy atom. The lowest BCUT2D eigenvalue weighted by atomic mass is 9.93. The summed E-state index contributed by atoms with van der Waals surface area (Å²) in [5.41, 5.74) is 3.06. The van der Waals surface area contributed by atoms with E-state index in [4.69, 9.17) is 9.47 Å². The maximum atomic E-state index is 12.3. The van der Waals surface area contributed by atoms with Gasteiger partial charge >= 0.3 is 12.1 Å². The molecule has 10 heteroatoms. The van der Waals surface area contributed by atoms with Crippen LogP contribution in [0.5, 0.6) is 0 Å². The SMILES string of the molecule is CCOC(=O)c1[nH]nc2c1CCc1cnc(NC3CCN(C(=O)OC(C)(C)C)C3)nc1-2. The summed E-state index contributed by atoms with van der Waals surface area (Å²) < 4.78 is 10.6.